The fourth-order valence-corrected chi connectivity index (χ4v) is 3.13. The van der Waals surface area contributed by atoms with Crippen molar-refractivity contribution in [1.29, 1.82) is 0 Å². The van der Waals surface area contributed by atoms with E-state index in [0.29, 0.717) is 18.5 Å². The van der Waals surface area contributed by atoms with E-state index in [9.17, 15) is 13.2 Å². The molecular weight excluding hydrogens is 484 g/mol. The lowest BCUT2D eigenvalue weighted by Crippen LogP contribution is -2.46. The van der Waals surface area contributed by atoms with E-state index in [0.717, 1.165) is 31.6 Å². The Kier molecular flexibility index (Phi) is 10.9. The number of halogens is 4. The van der Waals surface area contributed by atoms with Crippen molar-refractivity contribution in [1.82, 2.24) is 15.5 Å². The first kappa shape index (κ1) is 24.8. The van der Waals surface area contributed by atoms with Crippen molar-refractivity contribution in [3.8, 4) is 5.75 Å². The van der Waals surface area contributed by atoms with Gasteiger partial charge in [0, 0.05) is 26.2 Å². The molecule has 1 heterocycles. The molecule has 5 nitrogen and oxygen atoms in total. The van der Waals surface area contributed by atoms with Gasteiger partial charge in [0.15, 0.2) is 12.6 Å². The highest BCUT2D eigenvalue weighted by molar-refractivity contribution is 14.0. The summed E-state index contributed by atoms with van der Waals surface area (Å²) < 4.78 is 41.2. The van der Waals surface area contributed by atoms with Crippen molar-refractivity contribution in [2.75, 3.05) is 33.3 Å². The van der Waals surface area contributed by atoms with E-state index in [-0.39, 0.29) is 29.7 Å². The minimum absolute atomic E-state index is 0. The van der Waals surface area contributed by atoms with Gasteiger partial charge < -0.3 is 15.4 Å². The number of ether oxygens (including phenoxy) is 1. The van der Waals surface area contributed by atoms with Gasteiger partial charge in [-0.25, -0.2) is 0 Å². The van der Waals surface area contributed by atoms with Crippen molar-refractivity contribution in [2.45, 2.75) is 44.9 Å². The normalized spacial score (nSPS) is 16.4. The summed E-state index contributed by atoms with van der Waals surface area (Å²) in [4.78, 5) is 6.75. The van der Waals surface area contributed by atoms with Crippen LogP contribution in [0, 0.1) is 0 Å². The molecule has 0 spiro atoms. The van der Waals surface area contributed by atoms with E-state index in [1.54, 1.807) is 31.3 Å². The van der Waals surface area contributed by atoms with Crippen LogP contribution in [0.15, 0.2) is 29.3 Å². The Hall–Kier alpha value is -1.23. The Morgan fingerprint density at radius 2 is 1.82 bits per heavy atom. The van der Waals surface area contributed by atoms with Crippen LogP contribution < -0.4 is 15.4 Å². The zero-order valence-corrected chi connectivity index (χ0v) is 18.7. The molecule has 0 saturated carbocycles. The number of aliphatic imine (C=N–C) groups is 1. The maximum atomic E-state index is 12.2. The highest BCUT2D eigenvalue weighted by Gasteiger charge is 2.28. The van der Waals surface area contributed by atoms with Crippen LogP contribution in [0.2, 0.25) is 0 Å². The number of guanidine groups is 1. The van der Waals surface area contributed by atoms with Crippen molar-refractivity contribution < 1.29 is 17.9 Å². The molecule has 1 aliphatic rings. The Bertz CT molecular complexity index is 590. The Balaban J connectivity index is 0.00000392. The van der Waals surface area contributed by atoms with Crippen LogP contribution in [0.4, 0.5) is 13.2 Å². The molecule has 0 amide bonds. The molecule has 1 saturated heterocycles. The number of hydrogen-bond acceptors (Lipinski definition) is 3. The van der Waals surface area contributed by atoms with Gasteiger partial charge >= 0.3 is 6.18 Å². The monoisotopic (exact) mass is 514 g/mol. The number of nitrogens with one attached hydrogen (secondary N) is 2. The molecule has 1 aromatic rings. The van der Waals surface area contributed by atoms with Crippen LogP contribution in [0.5, 0.6) is 5.75 Å². The third-order valence-corrected chi connectivity index (χ3v) is 4.64. The lowest BCUT2D eigenvalue weighted by Gasteiger charge is -2.27. The lowest BCUT2D eigenvalue weighted by atomic mass is 10.2. The number of likely N-dealkylation sites (tertiary alicyclic amines) is 1. The minimum Gasteiger partial charge on any atom is -0.484 e. The maximum Gasteiger partial charge on any atom is 0.422 e. The molecule has 0 aliphatic carbocycles. The van der Waals surface area contributed by atoms with Crippen molar-refractivity contribution in [3.63, 3.8) is 0 Å². The third kappa shape index (κ3) is 8.85. The average Bonchev–Trinajstić information content (AvgIpc) is 3.18. The van der Waals surface area contributed by atoms with E-state index in [1.165, 1.54) is 12.8 Å². The second-order valence-electron chi connectivity index (χ2n) is 6.66. The quantitative estimate of drug-likeness (QED) is 0.315. The zero-order valence-electron chi connectivity index (χ0n) is 16.4. The van der Waals surface area contributed by atoms with Gasteiger partial charge in [-0.1, -0.05) is 19.1 Å². The van der Waals surface area contributed by atoms with E-state index in [1.807, 2.05) is 0 Å². The van der Waals surface area contributed by atoms with Gasteiger partial charge in [-0.05, 0) is 50.0 Å². The van der Waals surface area contributed by atoms with Gasteiger partial charge in [-0.2, -0.15) is 13.2 Å². The van der Waals surface area contributed by atoms with Crippen LogP contribution in [0.3, 0.4) is 0 Å². The molecule has 2 N–H and O–H groups in total. The molecule has 1 aliphatic heterocycles. The van der Waals surface area contributed by atoms with Crippen molar-refractivity contribution in [2.24, 2.45) is 4.99 Å². The van der Waals surface area contributed by atoms with Crippen LogP contribution in [0.1, 0.15) is 31.7 Å². The Morgan fingerprint density at radius 3 is 2.36 bits per heavy atom. The summed E-state index contributed by atoms with van der Waals surface area (Å²) in [5, 5.41) is 6.59. The maximum absolute atomic E-state index is 12.2. The Labute approximate surface area is 182 Å². The van der Waals surface area contributed by atoms with Gasteiger partial charge in [0.2, 0.25) is 0 Å². The van der Waals surface area contributed by atoms with E-state index in [4.69, 9.17) is 4.74 Å². The summed E-state index contributed by atoms with van der Waals surface area (Å²) in [5.41, 5.74) is 0.934. The average molecular weight is 514 g/mol. The number of nitrogens with zero attached hydrogens (tertiary/aromatic N) is 2. The molecule has 9 heteroatoms. The predicted molar refractivity (Wildman–Crippen MR) is 116 cm³/mol. The first-order valence-corrected chi connectivity index (χ1v) is 9.38. The van der Waals surface area contributed by atoms with Crippen LogP contribution in [-0.4, -0.2) is 56.4 Å². The second kappa shape index (κ2) is 12.4. The molecule has 1 fully saturated rings. The van der Waals surface area contributed by atoms with Crippen molar-refractivity contribution in [3.05, 3.63) is 29.8 Å². The van der Waals surface area contributed by atoms with Gasteiger partial charge in [-0.3, -0.25) is 9.89 Å². The highest BCUT2D eigenvalue weighted by Crippen LogP contribution is 2.19. The topological polar surface area (TPSA) is 48.9 Å². The molecule has 0 bridgehead atoms. The van der Waals surface area contributed by atoms with Crippen LogP contribution in [-0.2, 0) is 6.54 Å². The van der Waals surface area contributed by atoms with E-state index >= 15 is 0 Å². The third-order valence-electron chi connectivity index (χ3n) is 4.64. The molecule has 1 unspecified atom stereocenters. The molecule has 28 heavy (non-hydrogen) atoms. The summed E-state index contributed by atoms with van der Waals surface area (Å²) in [6.07, 6.45) is -0.703. The fourth-order valence-electron chi connectivity index (χ4n) is 3.13. The first-order valence-electron chi connectivity index (χ1n) is 9.38. The zero-order chi connectivity index (χ0) is 19.7. The summed E-state index contributed by atoms with van der Waals surface area (Å²) in [6, 6.07) is 7.06. The number of benzene rings is 1. The molecule has 160 valence electrons. The number of alkyl halides is 3. The highest BCUT2D eigenvalue weighted by atomic mass is 127. The summed E-state index contributed by atoms with van der Waals surface area (Å²) in [5.74, 6) is 0.917. The molecular formula is C19H30F3IN4O. The first-order chi connectivity index (χ1) is 12.9. The molecule has 1 atom stereocenters. The lowest BCUT2D eigenvalue weighted by molar-refractivity contribution is -0.153. The molecule has 0 radical (unpaired) electrons. The SMILES string of the molecule is CCC(CNC(=NC)NCc1ccc(OCC(F)(F)F)cc1)N1CCCC1.I. The van der Waals surface area contributed by atoms with Gasteiger partial charge in [-0.15, -0.1) is 24.0 Å². The number of hydrogen-bond donors (Lipinski definition) is 2. The molecule has 0 aromatic heterocycles. The van der Waals surface area contributed by atoms with E-state index in [2.05, 4.69) is 27.4 Å². The summed E-state index contributed by atoms with van der Waals surface area (Å²) in [7, 11) is 1.72. The minimum atomic E-state index is -4.33. The van der Waals surface area contributed by atoms with Crippen molar-refractivity contribution >= 4 is 29.9 Å². The summed E-state index contributed by atoms with van der Waals surface area (Å²) >= 11 is 0. The smallest absolute Gasteiger partial charge is 0.422 e. The molecule has 2 rings (SSSR count). The number of rotatable bonds is 8. The van der Waals surface area contributed by atoms with Gasteiger partial charge in [0.05, 0.1) is 0 Å². The molecule has 1 aromatic carbocycles. The largest absolute Gasteiger partial charge is 0.484 e. The standard InChI is InChI=1S/C19H29F3N4O.HI/c1-3-16(26-10-4-5-11-26)13-25-18(23-2)24-12-15-6-8-17(9-7-15)27-14-19(20,21)22;/h6-9,16H,3-5,10-14H2,1-2H3,(H2,23,24,25);1H. The van der Waals surface area contributed by atoms with Crippen LogP contribution in [0.25, 0.3) is 0 Å². The Morgan fingerprint density at radius 1 is 1.18 bits per heavy atom. The van der Waals surface area contributed by atoms with Crippen LogP contribution >= 0.6 is 24.0 Å². The van der Waals surface area contributed by atoms with Gasteiger partial charge in [0.25, 0.3) is 0 Å². The second-order valence-corrected chi connectivity index (χ2v) is 6.66. The van der Waals surface area contributed by atoms with Gasteiger partial charge in [0.1, 0.15) is 5.75 Å². The van der Waals surface area contributed by atoms with E-state index < -0.39 is 12.8 Å². The fraction of sp³-hybridized carbons (Fsp3) is 0.632. The predicted octanol–water partition coefficient (Wildman–Crippen LogP) is 3.79. The summed E-state index contributed by atoms with van der Waals surface area (Å²) in [6.45, 7) is 4.60.